The number of hydrogen-bond donors (Lipinski definition) is 0. The molecule has 4 aromatic rings. The van der Waals surface area contributed by atoms with Gasteiger partial charge in [-0.1, -0.05) is 30.3 Å². The molecule has 2 heterocycles. The Kier molecular flexibility index (Phi) is 3.61. The summed E-state index contributed by atoms with van der Waals surface area (Å²) in [4.78, 5) is 24.0. The van der Waals surface area contributed by atoms with Crippen molar-refractivity contribution < 1.29 is 18.4 Å². The van der Waals surface area contributed by atoms with Gasteiger partial charge in [-0.2, -0.15) is 0 Å². The molecule has 0 atom stereocenters. The van der Waals surface area contributed by atoms with E-state index in [9.17, 15) is 9.59 Å². The van der Waals surface area contributed by atoms with Crippen LogP contribution in [0.5, 0.6) is 0 Å². The molecule has 5 heteroatoms. The van der Waals surface area contributed by atoms with Crippen molar-refractivity contribution in [2.24, 2.45) is 0 Å². The maximum absolute atomic E-state index is 12.2. The van der Waals surface area contributed by atoms with Gasteiger partial charge in [-0.25, -0.2) is 9.59 Å². The Morgan fingerprint density at radius 2 is 1.84 bits per heavy atom. The molecule has 0 fully saturated rings. The lowest BCUT2D eigenvalue weighted by Crippen LogP contribution is -2.07. The third-order valence-electron chi connectivity index (χ3n) is 3.97. The molecular formula is C20H14O5. The molecule has 0 spiro atoms. The van der Waals surface area contributed by atoms with Crippen LogP contribution in [0.25, 0.3) is 21.9 Å². The van der Waals surface area contributed by atoms with Crippen molar-refractivity contribution in [3.05, 3.63) is 81.9 Å². The largest absolute Gasteiger partial charge is 0.455 e. The summed E-state index contributed by atoms with van der Waals surface area (Å²) in [5, 5.41) is 1.57. The van der Waals surface area contributed by atoms with Crippen molar-refractivity contribution in [1.29, 1.82) is 0 Å². The summed E-state index contributed by atoms with van der Waals surface area (Å²) in [5.74, 6) is -0.450. The fraction of sp³-hybridized carbons (Fsp3) is 0.100. The second kappa shape index (κ2) is 5.94. The molecule has 124 valence electrons. The highest BCUT2D eigenvalue weighted by molar-refractivity contribution is 5.92. The topological polar surface area (TPSA) is 69.7 Å². The Hall–Kier alpha value is -3.34. The van der Waals surface area contributed by atoms with Crippen LogP contribution in [-0.2, 0) is 11.3 Å². The second-order valence-corrected chi connectivity index (χ2v) is 5.81. The highest BCUT2D eigenvalue weighted by Gasteiger charge is 2.15. The number of esters is 1. The molecule has 25 heavy (non-hydrogen) atoms. The fourth-order valence-corrected chi connectivity index (χ4v) is 2.75. The lowest BCUT2D eigenvalue weighted by Gasteiger charge is -2.06. The summed E-state index contributed by atoms with van der Waals surface area (Å²) in [7, 11) is 0. The van der Waals surface area contributed by atoms with E-state index in [1.807, 2.05) is 37.3 Å². The van der Waals surface area contributed by atoms with Gasteiger partial charge < -0.3 is 13.6 Å². The molecule has 2 aromatic carbocycles. The zero-order chi connectivity index (χ0) is 17.4. The molecule has 0 radical (unpaired) electrons. The standard InChI is InChI=1S/C20H14O5/c1-12-6-7-15-14(10-19(21)25-17(15)8-12)11-23-20(22)18-9-13-4-2-3-5-16(13)24-18/h2-10H,11H2,1H3. The van der Waals surface area contributed by atoms with Crippen LogP contribution in [0.15, 0.2) is 68.2 Å². The van der Waals surface area contributed by atoms with Crippen molar-refractivity contribution >= 4 is 27.9 Å². The molecule has 0 N–H and O–H groups in total. The predicted octanol–water partition coefficient (Wildman–Crippen LogP) is 4.20. The van der Waals surface area contributed by atoms with Crippen LogP contribution in [0.3, 0.4) is 0 Å². The Morgan fingerprint density at radius 3 is 2.68 bits per heavy atom. The Bertz CT molecular complexity index is 1120. The van der Waals surface area contributed by atoms with Gasteiger partial charge in [0.05, 0.1) is 0 Å². The number of aryl methyl sites for hydroxylation is 1. The first-order valence-electron chi connectivity index (χ1n) is 7.79. The predicted molar refractivity (Wildman–Crippen MR) is 92.6 cm³/mol. The van der Waals surface area contributed by atoms with Gasteiger partial charge in [-0.15, -0.1) is 0 Å². The van der Waals surface area contributed by atoms with Gasteiger partial charge in [-0.05, 0) is 30.7 Å². The Balaban J connectivity index is 1.61. The van der Waals surface area contributed by atoms with Gasteiger partial charge in [0.1, 0.15) is 17.8 Å². The molecule has 0 aliphatic carbocycles. The first kappa shape index (κ1) is 15.2. The van der Waals surface area contributed by atoms with Crippen molar-refractivity contribution in [2.75, 3.05) is 0 Å². The monoisotopic (exact) mass is 334 g/mol. The van der Waals surface area contributed by atoms with E-state index in [-0.39, 0.29) is 12.4 Å². The van der Waals surface area contributed by atoms with E-state index < -0.39 is 11.6 Å². The van der Waals surface area contributed by atoms with Gasteiger partial charge in [0.2, 0.25) is 5.76 Å². The molecule has 0 saturated heterocycles. The number of para-hydroxylation sites is 1. The first-order valence-corrected chi connectivity index (χ1v) is 7.79. The molecule has 0 aliphatic rings. The van der Waals surface area contributed by atoms with Gasteiger partial charge >= 0.3 is 11.6 Å². The van der Waals surface area contributed by atoms with Crippen molar-refractivity contribution in [2.45, 2.75) is 13.5 Å². The number of rotatable bonds is 3. The van der Waals surface area contributed by atoms with E-state index in [1.165, 1.54) is 6.07 Å². The van der Waals surface area contributed by atoms with Gasteiger partial charge in [0.25, 0.3) is 0 Å². The summed E-state index contributed by atoms with van der Waals surface area (Å²) < 4.78 is 16.0. The number of hydrogen-bond acceptors (Lipinski definition) is 5. The van der Waals surface area contributed by atoms with Crippen molar-refractivity contribution in [3.8, 4) is 0 Å². The van der Waals surface area contributed by atoms with Gasteiger partial charge in [0, 0.05) is 22.4 Å². The molecule has 4 rings (SSSR count). The Morgan fingerprint density at radius 1 is 1.00 bits per heavy atom. The number of furan rings is 1. The Labute approximate surface area is 142 Å². The zero-order valence-electron chi connectivity index (χ0n) is 13.4. The van der Waals surface area contributed by atoms with E-state index >= 15 is 0 Å². The van der Waals surface area contributed by atoms with Crippen LogP contribution in [0.2, 0.25) is 0 Å². The normalized spacial score (nSPS) is 11.1. The fourth-order valence-electron chi connectivity index (χ4n) is 2.75. The van der Waals surface area contributed by atoms with Crippen molar-refractivity contribution in [1.82, 2.24) is 0 Å². The smallest absolute Gasteiger partial charge is 0.374 e. The van der Waals surface area contributed by atoms with Crippen LogP contribution in [0.4, 0.5) is 0 Å². The van der Waals surface area contributed by atoms with E-state index in [1.54, 1.807) is 18.2 Å². The molecule has 0 aliphatic heterocycles. The minimum atomic E-state index is -0.579. The van der Waals surface area contributed by atoms with E-state index in [0.29, 0.717) is 16.7 Å². The van der Waals surface area contributed by atoms with Crippen LogP contribution in [0.1, 0.15) is 21.7 Å². The van der Waals surface area contributed by atoms with Crippen LogP contribution in [-0.4, -0.2) is 5.97 Å². The minimum absolute atomic E-state index is 0.0406. The molecule has 2 aromatic heterocycles. The summed E-state index contributed by atoms with van der Waals surface area (Å²) in [6.45, 7) is 1.87. The third-order valence-corrected chi connectivity index (χ3v) is 3.97. The van der Waals surface area contributed by atoms with E-state index in [0.717, 1.165) is 16.3 Å². The summed E-state index contributed by atoms with van der Waals surface area (Å²) in [5.41, 5.74) is 2.19. The van der Waals surface area contributed by atoms with Crippen molar-refractivity contribution in [3.63, 3.8) is 0 Å². The third kappa shape index (κ3) is 2.92. The zero-order valence-corrected chi connectivity index (χ0v) is 13.4. The molecule has 0 bridgehead atoms. The SMILES string of the molecule is Cc1ccc2c(COC(=O)c3cc4ccccc4o3)cc(=O)oc2c1. The van der Waals surface area contributed by atoms with E-state index in [4.69, 9.17) is 13.6 Å². The van der Waals surface area contributed by atoms with Crippen LogP contribution < -0.4 is 5.63 Å². The average Bonchev–Trinajstić information content (AvgIpc) is 3.03. The quantitative estimate of drug-likeness (QED) is 0.415. The first-order chi connectivity index (χ1) is 12.1. The number of carbonyl (C=O) groups excluding carboxylic acids is 1. The number of ether oxygens (including phenoxy) is 1. The number of benzene rings is 2. The maximum atomic E-state index is 12.2. The summed E-state index contributed by atoms with van der Waals surface area (Å²) in [6.07, 6.45) is 0. The molecule has 0 amide bonds. The van der Waals surface area contributed by atoms with Crippen LogP contribution in [0, 0.1) is 6.92 Å². The maximum Gasteiger partial charge on any atom is 0.374 e. The lowest BCUT2D eigenvalue weighted by atomic mass is 10.1. The molecular weight excluding hydrogens is 320 g/mol. The second-order valence-electron chi connectivity index (χ2n) is 5.81. The van der Waals surface area contributed by atoms with Gasteiger partial charge in [0.15, 0.2) is 0 Å². The highest BCUT2D eigenvalue weighted by Crippen LogP contribution is 2.22. The highest BCUT2D eigenvalue weighted by atomic mass is 16.5. The van der Waals surface area contributed by atoms with Gasteiger partial charge in [-0.3, -0.25) is 0 Å². The van der Waals surface area contributed by atoms with Crippen LogP contribution >= 0.6 is 0 Å². The summed E-state index contributed by atoms with van der Waals surface area (Å²) >= 11 is 0. The molecule has 0 saturated carbocycles. The summed E-state index contributed by atoms with van der Waals surface area (Å²) in [6, 6.07) is 15.8. The number of carbonyl (C=O) groups is 1. The minimum Gasteiger partial charge on any atom is -0.455 e. The van der Waals surface area contributed by atoms with E-state index in [2.05, 4.69) is 0 Å². The molecule has 5 nitrogen and oxygen atoms in total. The lowest BCUT2D eigenvalue weighted by molar-refractivity contribution is 0.0440. The molecule has 0 unspecified atom stereocenters. The average molecular weight is 334 g/mol. The number of fused-ring (bicyclic) bond motifs is 2.